The van der Waals surface area contributed by atoms with E-state index in [-0.39, 0.29) is 5.91 Å². The van der Waals surface area contributed by atoms with Gasteiger partial charge in [0.2, 0.25) is 0 Å². The van der Waals surface area contributed by atoms with Gasteiger partial charge in [0.1, 0.15) is 0 Å². The van der Waals surface area contributed by atoms with Gasteiger partial charge in [0.25, 0.3) is 5.91 Å². The standard InChI is InChI=1S/C15H23N3O/c1-17-15(19)12-7-8-13(16)14(9-12)18-10-11-5-3-2-4-6-11/h7-9,11,18H,2-6,10,16H2,1H3,(H,17,19). The molecule has 1 aromatic rings. The number of hydrogen-bond donors (Lipinski definition) is 3. The molecule has 0 aromatic heterocycles. The van der Waals surface area contributed by atoms with E-state index in [1.54, 1.807) is 19.2 Å². The molecule has 4 nitrogen and oxygen atoms in total. The van der Waals surface area contributed by atoms with Crippen molar-refractivity contribution in [2.24, 2.45) is 5.92 Å². The first-order valence-electron chi connectivity index (χ1n) is 7.06. The summed E-state index contributed by atoms with van der Waals surface area (Å²) >= 11 is 0. The van der Waals surface area contributed by atoms with Crippen molar-refractivity contribution in [2.75, 3.05) is 24.6 Å². The first kappa shape index (κ1) is 13.7. The highest BCUT2D eigenvalue weighted by Gasteiger charge is 2.14. The Bertz CT molecular complexity index is 439. The van der Waals surface area contributed by atoms with Gasteiger partial charge in [0, 0.05) is 19.2 Å². The molecule has 1 aliphatic rings. The van der Waals surface area contributed by atoms with Crippen LogP contribution in [0, 0.1) is 5.92 Å². The number of amides is 1. The normalized spacial score (nSPS) is 16.1. The van der Waals surface area contributed by atoms with Crippen LogP contribution in [0.3, 0.4) is 0 Å². The van der Waals surface area contributed by atoms with E-state index in [0.29, 0.717) is 11.3 Å². The maximum absolute atomic E-state index is 11.6. The number of anilines is 2. The number of rotatable bonds is 4. The summed E-state index contributed by atoms with van der Waals surface area (Å²) in [6.45, 7) is 0.946. The summed E-state index contributed by atoms with van der Waals surface area (Å²) in [5, 5.41) is 6.02. The van der Waals surface area contributed by atoms with Crippen LogP contribution < -0.4 is 16.4 Å². The fourth-order valence-corrected chi connectivity index (χ4v) is 2.64. The third-order valence-corrected chi connectivity index (χ3v) is 3.85. The van der Waals surface area contributed by atoms with Crippen molar-refractivity contribution < 1.29 is 4.79 Å². The zero-order valence-electron chi connectivity index (χ0n) is 11.5. The molecule has 0 bridgehead atoms. The van der Waals surface area contributed by atoms with E-state index in [9.17, 15) is 4.79 Å². The Morgan fingerprint density at radius 3 is 2.74 bits per heavy atom. The van der Waals surface area contributed by atoms with E-state index in [0.717, 1.165) is 18.2 Å². The average Bonchev–Trinajstić information content (AvgIpc) is 2.46. The predicted octanol–water partition coefficient (Wildman–Crippen LogP) is 2.62. The van der Waals surface area contributed by atoms with Crippen LogP contribution in [0.2, 0.25) is 0 Å². The molecule has 4 N–H and O–H groups in total. The number of nitrogens with one attached hydrogen (secondary N) is 2. The second-order valence-corrected chi connectivity index (χ2v) is 5.27. The molecule has 1 aliphatic carbocycles. The van der Waals surface area contributed by atoms with Gasteiger partial charge in [0.15, 0.2) is 0 Å². The molecule has 0 atom stereocenters. The molecule has 0 saturated heterocycles. The first-order chi connectivity index (χ1) is 9.20. The second-order valence-electron chi connectivity index (χ2n) is 5.27. The van der Waals surface area contributed by atoms with Crippen molar-refractivity contribution in [1.82, 2.24) is 5.32 Å². The SMILES string of the molecule is CNC(=O)c1ccc(N)c(NCC2CCCCC2)c1. The maximum Gasteiger partial charge on any atom is 0.251 e. The van der Waals surface area contributed by atoms with E-state index in [4.69, 9.17) is 5.73 Å². The van der Waals surface area contributed by atoms with Gasteiger partial charge in [-0.25, -0.2) is 0 Å². The Morgan fingerprint density at radius 1 is 1.32 bits per heavy atom. The van der Waals surface area contributed by atoms with Crippen molar-refractivity contribution in [3.8, 4) is 0 Å². The summed E-state index contributed by atoms with van der Waals surface area (Å²) in [5.41, 5.74) is 8.16. The van der Waals surface area contributed by atoms with Gasteiger partial charge in [-0.2, -0.15) is 0 Å². The van der Waals surface area contributed by atoms with Gasteiger partial charge >= 0.3 is 0 Å². The van der Waals surface area contributed by atoms with Crippen LogP contribution in [0.15, 0.2) is 18.2 Å². The molecule has 1 aromatic carbocycles. The average molecular weight is 261 g/mol. The molecular weight excluding hydrogens is 238 g/mol. The van der Waals surface area contributed by atoms with E-state index >= 15 is 0 Å². The van der Waals surface area contributed by atoms with Crippen LogP contribution in [0.25, 0.3) is 0 Å². The monoisotopic (exact) mass is 261 g/mol. The van der Waals surface area contributed by atoms with Gasteiger partial charge < -0.3 is 16.4 Å². The number of carbonyl (C=O) groups is 1. The minimum atomic E-state index is -0.0827. The molecule has 1 amide bonds. The zero-order valence-corrected chi connectivity index (χ0v) is 11.5. The maximum atomic E-state index is 11.6. The Balaban J connectivity index is 2.00. The molecule has 0 heterocycles. The molecule has 0 aliphatic heterocycles. The highest BCUT2D eigenvalue weighted by molar-refractivity contribution is 5.96. The summed E-state index contributed by atoms with van der Waals surface area (Å²) in [6.07, 6.45) is 6.62. The fraction of sp³-hybridized carbons (Fsp3) is 0.533. The number of nitrogens with two attached hydrogens (primary N) is 1. The van der Waals surface area contributed by atoms with Gasteiger partial charge in [-0.1, -0.05) is 19.3 Å². The Morgan fingerprint density at radius 2 is 2.05 bits per heavy atom. The summed E-state index contributed by atoms with van der Waals surface area (Å²) in [4.78, 5) is 11.6. The molecule has 1 fully saturated rings. The lowest BCUT2D eigenvalue weighted by Crippen LogP contribution is -2.20. The fourth-order valence-electron chi connectivity index (χ4n) is 2.64. The van der Waals surface area contributed by atoms with Crippen LogP contribution in [0.5, 0.6) is 0 Å². The van der Waals surface area contributed by atoms with Crippen LogP contribution in [-0.2, 0) is 0 Å². The van der Waals surface area contributed by atoms with E-state index in [2.05, 4.69) is 10.6 Å². The minimum absolute atomic E-state index is 0.0827. The Kier molecular flexibility index (Phi) is 4.66. The molecule has 0 spiro atoms. The lowest BCUT2D eigenvalue weighted by molar-refractivity contribution is 0.0963. The summed E-state index contributed by atoms with van der Waals surface area (Å²) in [6, 6.07) is 5.37. The number of benzene rings is 1. The van der Waals surface area contributed by atoms with Gasteiger partial charge in [-0.3, -0.25) is 4.79 Å². The largest absolute Gasteiger partial charge is 0.397 e. The third-order valence-electron chi connectivity index (χ3n) is 3.85. The molecule has 0 unspecified atom stereocenters. The van der Waals surface area contributed by atoms with Crippen LogP contribution in [0.4, 0.5) is 11.4 Å². The lowest BCUT2D eigenvalue weighted by atomic mass is 9.89. The van der Waals surface area contributed by atoms with E-state index < -0.39 is 0 Å². The molecule has 19 heavy (non-hydrogen) atoms. The van der Waals surface area contributed by atoms with E-state index in [1.165, 1.54) is 32.1 Å². The molecular formula is C15H23N3O. The molecule has 104 valence electrons. The van der Waals surface area contributed by atoms with Crippen LogP contribution in [0.1, 0.15) is 42.5 Å². The zero-order chi connectivity index (χ0) is 13.7. The number of nitrogen functional groups attached to an aromatic ring is 1. The first-order valence-corrected chi connectivity index (χ1v) is 7.06. The summed E-state index contributed by atoms with van der Waals surface area (Å²) < 4.78 is 0. The molecule has 4 heteroatoms. The lowest BCUT2D eigenvalue weighted by Gasteiger charge is -2.22. The van der Waals surface area contributed by atoms with Crippen molar-refractivity contribution in [2.45, 2.75) is 32.1 Å². The highest BCUT2D eigenvalue weighted by Crippen LogP contribution is 2.26. The number of carbonyl (C=O) groups excluding carboxylic acids is 1. The summed E-state index contributed by atoms with van der Waals surface area (Å²) in [5.74, 6) is 0.650. The van der Waals surface area contributed by atoms with Crippen molar-refractivity contribution in [1.29, 1.82) is 0 Å². The van der Waals surface area contributed by atoms with Gasteiger partial charge in [-0.15, -0.1) is 0 Å². The predicted molar refractivity (Wildman–Crippen MR) is 79.3 cm³/mol. The van der Waals surface area contributed by atoms with Crippen molar-refractivity contribution in [3.05, 3.63) is 23.8 Å². The van der Waals surface area contributed by atoms with Crippen LogP contribution in [-0.4, -0.2) is 19.5 Å². The van der Waals surface area contributed by atoms with E-state index in [1.807, 2.05) is 6.07 Å². The molecule has 1 saturated carbocycles. The Hall–Kier alpha value is -1.71. The molecule has 2 rings (SSSR count). The van der Waals surface area contributed by atoms with Crippen molar-refractivity contribution in [3.63, 3.8) is 0 Å². The third kappa shape index (κ3) is 3.63. The topological polar surface area (TPSA) is 67.2 Å². The minimum Gasteiger partial charge on any atom is -0.397 e. The highest BCUT2D eigenvalue weighted by atomic mass is 16.1. The summed E-state index contributed by atoms with van der Waals surface area (Å²) in [7, 11) is 1.63. The van der Waals surface area contributed by atoms with Gasteiger partial charge in [-0.05, 0) is 37.0 Å². The second kappa shape index (κ2) is 6.45. The Labute approximate surface area is 114 Å². The smallest absolute Gasteiger partial charge is 0.251 e. The van der Waals surface area contributed by atoms with Crippen LogP contribution >= 0.6 is 0 Å². The van der Waals surface area contributed by atoms with Crippen molar-refractivity contribution >= 4 is 17.3 Å². The number of hydrogen-bond acceptors (Lipinski definition) is 3. The van der Waals surface area contributed by atoms with Gasteiger partial charge in [0.05, 0.1) is 11.4 Å². The quantitative estimate of drug-likeness (QED) is 0.730. The molecule has 0 radical (unpaired) electrons.